The molecule has 0 saturated carbocycles. The fourth-order valence-corrected chi connectivity index (χ4v) is 5.22. The molecule has 0 spiro atoms. The first-order valence-electron chi connectivity index (χ1n) is 9.28. The number of aromatic nitrogens is 2. The quantitative estimate of drug-likeness (QED) is 0.750. The number of nitrogens with one attached hydrogen (secondary N) is 1. The maximum Gasteiger partial charge on any atom is 0.262 e. The number of hydrogen-bond acceptors (Lipinski definition) is 4. The van der Waals surface area contributed by atoms with Crippen molar-refractivity contribution in [3.05, 3.63) is 56.4 Å². The number of hydrogen-bond donors (Lipinski definition) is 1. The molecule has 0 fully saturated rings. The average molecular weight is 382 g/mol. The number of nitrogens with zero attached hydrogens (tertiary/aromatic N) is 2. The lowest BCUT2D eigenvalue weighted by molar-refractivity contribution is -0.116. The van der Waals surface area contributed by atoms with E-state index in [0.29, 0.717) is 11.3 Å². The van der Waals surface area contributed by atoms with Crippen LogP contribution in [-0.4, -0.2) is 15.5 Å². The summed E-state index contributed by atoms with van der Waals surface area (Å²) in [5.41, 5.74) is 3.97. The summed E-state index contributed by atoms with van der Waals surface area (Å²) in [6.45, 7) is 6.20. The molecule has 1 N–H and O–H groups in total. The normalized spacial score (nSPS) is 16.3. The minimum atomic E-state index is -0.221. The van der Waals surface area contributed by atoms with Gasteiger partial charge in [0.2, 0.25) is 5.91 Å². The topological polar surface area (TPSA) is 64.0 Å². The third-order valence-corrected chi connectivity index (χ3v) is 6.26. The fraction of sp³-hybridized carbons (Fsp3) is 0.381. The van der Waals surface area contributed by atoms with E-state index in [0.717, 1.165) is 46.5 Å². The molecule has 5 nitrogen and oxygen atoms in total. The molecule has 1 atom stereocenters. The van der Waals surface area contributed by atoms with Gasteiger partial charge in [-0.15, -0.1) is 11.3 Å². The zero-order valence-electron chi connectivity index (χ0n) is 15.8. The van der Waals surface area contributed by atoms with Crippen LogP contribution in [0.4, 0.5) is 5.69 Å². The number of rotatable bonds is 3. The van der Waals surface area contributed by atoms with Crippen LogP contribution in [0, 0.1) is 19.8 Å². The van der Waals surface area contributed by atoms with Crippen LogP contribution in [0.15, 0.2) is 29.3 Å². The summed E-state index contributed by atoms with van der Waals surface area (Å²) < 4.78 is 1.42. The number of benzene rings is 1. The van der Waals surface area contributed by atoms with Gasteiger partial charge in [0.25, 0.3) is 5.56 Å². The van der Waals surface area contributed by atoms with E-state index in [1.807, 2.05) is 26.0 Å². The van der Waals surface area contributed by atoms with Gasteiger partial charge < -0.3 is 5.32 Å². The molecule has 0 bridgehead atoms. The van der Waals surface area contributed by atoms with Crippen molar-refractivity contribution >= 4 is 33.1 Å². The van der Waals surface area contributed by atoms with Crippen molar-refractivity contribution in [2.24, 2.45) is 5.92 Å². The first-order chi connectivity index (χ1) is 12.9. The van der Waals surface area contributed by atoms with Crippen molar-refractivity contribution in [3.8, 4) is 0 Å². The first kappa shape index (κ1) is 17.9. The highest BCUT2D eigenvalue weighted by Crippen LogP contribution is 2.35. The van der Waals surface area contributed by atoms with Gasteiger partial charge in [0.15, 0.2) is 0 Å². The van der Waals surface area contributed by atoms with Gasteiger partial charge >= 0.3 is 0 Å². The Bertz CT molecular complexity index is 1080. The monoisotopic (exact) mass is 381 g/mol. The van der Waals surface area contributed by atoms with Crippen LogP contribution in [-0.2, 0) is 24.2 Å². The van der Waals surface area contributed by atoms with E-state index in [1.54, 1.807) is 11.3 Å². The Morgan fingerprint density at radius 1 is 1.30 bits per heavy atom. The fourth-order valence-electron chi connectivity index (χ4n) is 3.88. The molecular weight excluding hydrogens is 358 g/mol. The first-order valence-corrected chi connectivity index (χ1v) is 10.1. The van der Waals surface area contributed by atoms with Gasteiger partial charge in [-0.05, 0) is 67.9 Å². The Morgan fingerprint density at radius 2 is 2.04 bits per heavy atom. The van der Waals surface area contributed by atoms with E-state index in [1.165, 1.54) is 15.8 Å². The van der Waals surface area contributed by atoms with E-state index < -0.39 is 0 Å². The van der Waals surface area contributed by atoms with Gasteiger partial charge in [-0.1, -0.05) is 13.0 Å². The van der Waals surface area contributed by atoms with Crippen molar-refractivity contribution in [1.29, 1.82) is 0 Å². The summed E-state index contributed by atoms with van der Waals surface area (Å²) in [7, 11) is 0. The standard InChI is InChI=1S/C21H23N3O2S/c1-12-4-5-16-17(9-12)27-20-19(16)21(26)24(11-22-20)10-18(25)23-15-7-13(2)6-14(3)8-15/h6-8,11-12H,4-5,9-10H2,1-3H3,(H,23,25). The third kappa shape index (κ3) is 3.54. The lowest BCUT2D eigenvalue weighted by Crippen LogP contribution is -2.28. The second-order valence-corrected chi connectivity index (χ2v) is 8.72. The highest BCUT2D eigenvalue weighted by Gasteiger charge is 2.23. The average Bonchev–Trinajstić information content (AvgIpc) is 2.94. The van der Waals surface area contributed by atoms with Crippen LogP contribution in [0.1, 0.15) is 34.9 Å². The second-order valence-electron chi connectivity index (χ2n) is 7.63. The summed E-state index contributed by atoms with van der Waals surface area (Å²) in [5, 5.41) is 3.60. The summed E-state index contributed by atoms with van der Waals surface area (Å²) in [4.78, 5) is 32.0. The number of aryl methyl sites for hydroxylation is 3. The van der Waals surface area contributed by atoms with Crippen molar-refractivity contribution in [2.45, 2.75) is 46.6 Å². The van der Waals surface area contributed by atoms with Crippen LogP contribution < -0.4 is 10.9 Å². The van der Waals surface area contributed by atoms with Gasteiger partial charge in [-0.3, -0.25) is 14.2 Å². The predicted octanol–water partition coefficient (Wildman–Crippen LogP) is 3.84. The van der Waals surface area contributed by atoms with E-state index in [-0.39, 0.29) is 18.0 Å². The molecule has 1 amide bonds. The lowest BCUT2D eigenvalue weighted by Gasteiger charge is -2.17. The predicted molar refractivity (Wildman–Crippen MR) is 110 cm³/mol. The van der Waals surface area contributed by atoms with Crippen LogP contribution >= 0.6 is 11.3 Å². The van der Waals surface area contributed by atoms with Gasteiger partial charge in [-0.2, -0.15) is 0 Å². The molecule has 6 heteroatoms. The van der Waals surface area contributed by atoms with Crippen molar-refractivity contribution in [3.63, 3.8) is 0 Å². The van der Waals surface area contributed by atoms with Gasteiger partial charge in [0.05, 0.1) is 11.7 Å². The largest absolute Gasteiger partial charge is 0.325 e. The molecule has 27 heavy (non-hydrogen) atoms. The van der Waals surface area contributed by atoms with Gasteiger partial charge in [-0.25, -0.2) is 4.98 Å². The SMILES string of the molecule is Cc1cc(C)cc(NC(=O)Cn2cnc3sc4c(c3c2=O)CCC(C)C4)c1. The highest BCUT2D eigenvalue weighted by molar-refractivity contribution is 7.18. The Labute approximate surface area is 162 Å². The molecule has 0 aliphatic heterocycles. The summed E-state index contributed by atoms with van der Waals surface area (Å²) >= 11 is 1.63. The molecule has 1 unspecified atom stereocenters. The number of anilines is 1. The van der Waals surface area contributed by atoms with Crippen molar-refractivity contribution < 1.29 is 4.79 Å². The smallest absolute Gasteiger partial charge is 0.262 e. The lowest BCUT2D eigenvalue weighted by atomic mass is 9.89. The summed E-state index contributed by atoms with van der Waals surface area (Å²) in [5.74, 6) is 0.428. The van der Waals surface area contributed by atoms with E-state index in [9.17, 15) is 9.59 Å². The molecule has 1 aliphatic carbocycles. The van der Waals surface area contributed by atoms with E-state index >= 15 is 0 Å². The van der Waals surface area contributed by atoms with Crippen LogP contribution in [0.5, 0.6) is 0 Å². The Kier molecular flexibility index (Phi) is 4.60. The zero-order valence-corrected chi connectivity index (χ0v) is 16.7. The van der Waals surface area contributed by atoms with E-state index in [2.05, 4.69) is 23.3 Å². The third-order valence-electron chi connectivity index (χ3n) is 5.10. The molecule has 0 radical (unpaired) electrons. The number of fused-ring (bicyclic) bond motifs is 3. The Morgan fingerprint density at radius 3 is 2.78 bits per heavy atom. The van der Waals surface area contributed by atoms with Gasteiger partial charge in [0.1, 0.15) is 11.4 Å². The molecule has 0 saturated heterocycles. The molecule has 3 aromatic rings. The summed E-state index contributed by atoms with van der Waals surface area (Å²) in [6, 6.07) is 5.90. The number of carbonyl (C=O) groups is 1. The Hall–Kier alpha value is -2.47. The second kappa shape index (κ2) is 6.93. The molecule has 1 aromatic carbocycles. The van der Waals surface area contributed by atoms with Crippen molar-refractivity contribution in [1.82, 2.24) is 9.55 Å². The molecule has 4 rings (SSSR count). The number of carbonyl (C=O) groups excluding carboxylic acids is 1. The maximum absolute atomic E-state index is 13.0. The van der Waals surface area contributed by atoms with Gasteiger partial charge in [0, 0.05) is 10.6 Å². The highest BCUT2D eigenvalue weighted by atomic mass is 32.1. The molecule has 140 valence electrons. The summed E-state index contributed by atoms with van der Waals surface area (Å²) in [6.07, 6.45) is 4.53. The van der Waals surface area contributed by atoms with Crippen LogP contribution in [0.2, 0.25) is 0 Å². The minimum Gasteiger partial charge on any atom is -0.325 e. The maximum atomic E-state index is 13.0. The molecule has 2 heterocycles. The minimum absolute atomic E-state index is 0.0320. The zero-order chi connectivity index (χ0) is 19.1. The van der Waals surface area contributed by atoms with Crippen molar-refractivity contribution in [2.75, 3.05) is 5.32 Å². The number of amides is 1. The molecular formula is C21H23N3O2S. The van der Waals surface area contributed by atoms with E-state index in [4.69, 9.17) is 0 Å². The molecule has 2 aromatic heterocycles. The number of thiophene rings is 1. The van der Waals surface area contributed by atoms with Crippen LogP contribution in [0.25, 0.3) is 10.2 Å². The molecule has 1 aliphatic rings. The van der Waals surface area contributed by atoms with Crippen LogP contribution in [0.3, 0.4) is 0 Å². The Balaban J connectivity index is 1.61.